The average molecular weight is 376 g/mol. The summed E-state index contributed by atoms with van der Waals surface area (Å²) >= 11 is 0. The fourth-order valence-corrected chi connectivity index (χ4v) is 2.99. The van der Waals surface area contributed by atoms with Crippen LogP contribution in [0.15, 0.2) is 53.1 Å². The van der Waals surface area contributed by atoms with E-state index >= 15 is 0 Å². The molecule has 1 aliphatic rings. The number of aromatic nitrogens is 1. The van der Waals surface area contributed by atoms with Crippen molar-refractivity contribution in [1.82, 2.24) is 4.57 Å². The molecule has 9 heteroatoms. The standard InChI is InChI=1S/C17H16N2O6S/c1-17(2)24-15(20)14(16(21)25-17)10-12-4-3-9-19(12)11-5-7-13(8-6-11)26(18,22)23/h3-10H,1-2H3,(H2,18,22,23). The highest BCUT2D eigenvalue weighted by Crippen LogP contribution is 2.25. The summed E-state index contributed by atoms with van der Waals surface area (Å²) in [6, 6.07) is 9.25. The van der Waals surface area contributed by atoms with Gasteiger partial charge < -0.3 is 14.0 Å². The number of primary sulfonamides is 1. The van der Waals surface area contributed by atoms with E-state index in [1.165, 1.54) is 32.1 Å². The maximum atomic E-state index is 12.1. The largest absolute Gasteiger partial charge is 0.419 e. The molecular formula is C17H16N2O6S. The predicted octanol–water partition coefficient (Wildman–Crippen LogP) is 1.34. The van der Waals surface area contributed by atoms with E-state index in [1.54, 1.807) is 35.0 Å². The van der Waals surface area contributed by atoms with Crippen LogP contribution in [0.1, 0.15) is 19.5 Å². The number of hydrogen-bond donors (Lipinski definition) is 1. The van der Waals surface area contributed by atoms with E-state index in [9.17, 15) is 18.0 Å². The van der Waals surface area contributed by atoms with E-state index in [4.69, 9.17) is 14.6 Å². The Morgan fingerprint density at radius 2 is 1.62 bits per heavy atom. The third-order valence-electron chi connectivity index (χ3n) is 3.63. The zero-order chi connectivity index (χ0) is 19.1. The van der Waals surface area contributed by atoms with Crippen LogP contribution in [0, 0.1) is 0 Å². The zero-order valence-electron chi connectivity index (χ0n) is 14.0. The van der Waals surface area contributed by atoms with Crippen molar-refractivity contribution in [2.45, 2.75) is 24.5 Å². The van der Waals surface area contributed by atoms with Gasteiger partial charge in [-0.1, -0.05) is 0 Å². The van der Waals surface area contributed by atoms with Gasteiger partial charge in [-0.25, -0.2) is 23.1 Å². The van der Waals surface area contributed by atoms with Crippen molar-refractivity contribution >= 4 is 28.0 Å². The van der Waals surface area contributed by atoms with Gasteiger partial charge in [0.25, 0.3) is 5.79 Å². The lowest BCUT2D eigenvalue weighted by atomic mass is 10.2. The number of rotatable bonds is 3. The third kappa shape index (κ3) is 3.53. The molecule has 2 N–H and O–H groups in total. The van der Waals surface area contributed by atoms with Crippen LogP contribution in [0.3, 0.4) is 0 Å². The van der Waals surface area contributed by atoms with Crippen molar-refractivity contribution in [2.75, 3.05) is 0 Å². The lowest BCUT2D eigenvalue weighted by Gasteiger charge is -2.29. The lowest BCUT2D eigenvalue weighted by Crippen LogP contribution is -2.41. The summed E-state index contributed by atoms with van der Waals surface area (Å²) < 4.78 is 34.5. The number of nitrogens with two attached hydrogens (primary N) is 1. The molecule has 8 nitrogen and oxygen atoms in total. The zero-order valence-corrected chi connectivity index (χ0v) is 14.8. The minimum atomic E-state index is -3.79. The van der Waals surface area contributed by atoms with Gasteiger partial charge >= 0.3 is 11.9 Å². The molecule has 0 amide bonds. The van der Waals surface area contributed by atoms with Crippen molar-refractivity contribution in [3.63, 3.8) is 0 Å². The summed E-state index contributed by atoms with van der Waals surface area (Å²) in [6.07, 6.45) is 3.05. The molecule has 1 aliphatic heterocycles. The first kappa shape index (κ1) is 17.9. The number of sulfonamides is 1. The van der Waals surface area contributed by atoms with Gasteiger partial charge in [0.1, 0.15) is 5.57 Å². The van der Waals surface area contributed by atoms with Crippen LogP contribution in [0.5, 0.6) is 0 Å². The molecule has 1 aromatic heterocycles. The second kappa shape index (κ2) is 6.11. The molecule has 1 fully saturated rings. The molecule has 0 spiro atoms. The van der Waals surface area contributed by atoms with Crippen LogP contribution in [0.25, 0.3) is 11.8 Å². The second-order valence-corrected chi connectivity index (χ2v) is 7.64. The highest BCUT2D eigenvalue weighted by molar-refractivity contribution is 7.89. The first-order chi connectivity index (χ1) is 12.1. The molecule has 0 atom stereocenters. The fourth-order valence-electron chi connectivity index (χ4n) is 2.47. The van der Waals surface area contributed by atoms with Crippen LogP contribution < -0.4 is 5.14 Å². The lowest BCUT2D eigenvalue weighted by molar-refractivity contribution is -0.222. The third-order valence-corrected chi connectivity index (χ3v) is 4.56. The van der Waals surface area contributed by atoms with E-state index in [0.29, 0.717) is 11.4 Å². The Bertz CT molecular complexity index is 994. The molecule has 1 aromatic carbocycles. The van der Waals surface area contributed by atoms with E-state index < -0.39 is 27.7 Å². The number of nitrogens with zero attached hydrogens (tertiary/aromatic N) is 1. The van der Waals surface area contributed by atoms with Gasteiger partial charge in [-0.3, -0.25) is 0 Å². The maximum absolute atomic E-state index is 12.1. The summed E-state index contributed by atoms with van der Waals surface area (Å²) in [5.74, 6) is -2.86. The molecule has 0 unspecified atom stereocenters. The Balaban J connectivity index is 1.97. The number of carbonyl (C=O) groups excluding carboxylic acids is 2. The van der Waals surface area contributed by atoms with Crippen molar-refractivity contribution in [3.8, 4) is 5.69 Å². The molecule has 1 saturated heterocycles. The van der Waals surface area contributed by atoms with Gasteiger partial charge in [0.05, 0.1) is 4.90 Å². The van der Waals surface area contributed by atoms with Crippen LogP contribution in [0.4, 0.5) is 0 Å². The van der Waals surface area contributed by atoms with Gasteiger partial charge in [0.2, 0.25) is 10.0 Å². The van der Waals surface area contributed by atoms with Gasteiger partial charge in [0.15, 0.2) is 0 Å². The second-order valence-electron chi connectivity index (χ2n) is 6.08. The SMILES string of the molecule is CC1(C)OC(=O)C(=Cc2cccn2-c2ccc(S(N)(=O)=O)cc2)C(=O)O1. The molecular weight excluding hydrogens is 360 g/mol. The Hall–Kier alpha value is -2.91. The Kier molecular flexibility index (Phi) is 4.21. The highest BCUT2D eigenvalue weighted by Gasteiger charge is 2.39. The van der Waals surface area contributed by atoms with Crippen LogP contribution in [-0.4, -0.2) is 30.7 Å². The molecule has 26 heavy (non-hydrogen) atoms. The van der Waals surface area contributed by atoms with Crippen molar-refractivity contribution in [2.24, 2.45) is 5.14 Å². The Morgan fingerprint density at radius 3 is 2.15 bits per heavy atom. The maximum Gasteiger partial charge on any atom is 0.348 e. The molecule has 2 heterocycles. The molecule has 0 radical (unpaired) electrons. The summed E-state index contributed by atoms with van der Waals surface area (Å²) in [5, 5.41) is 5.08. The van der Waals surface area contributed by atoms with Gasteiger partial charge in [-0.15, -0.1) is 0 Å². The summed E-state index contributed by atoms with van der Waals surface area (Å²) in [7, 11) is -3.79. The summed E-state index contributed by atoms with van der Waals surface area (Å²) in [4.78, 5) is 24.1. The number of benzene rings is 1. The molecule has 0 aliphatic carbocycles. The van der Waals surface area contributed by atoms with E-state index in [-0.39, 0.29) is 10.5 Å². The molecule has 2 aromatic rings. The van der Waals surface area contributed by atoms with E-state index in [2.05, 4.69) is 0 Å². The molecule has 0 bridgehead atoms. The van der Waals surface area contributed by atoms with E-state index in [1.807, 2.05) is 0 Å². The van der Waals surface area contributed by atoms with Gasteiger partial charge in [-0.2, -0.15) is 0 Å². The number of ether oxygens (including phenoxy) is 2. The molecule has 136 valence electrons. The Labute approximate surface area is 149 Å². The monoisotopic (exact) mass is 376 g/mol. The minimum Gasteiger partial charge on any atom is -0.419 e. The number of esters is 2. The van der Waals surface area contributed by atoms with E-state index in [0.717, 1.165) is 0 Å². The predicted molar refractivity (Wildman–Crippen MR) is 91.4 cm³/mol. The highest BCUT2D eigenvalue weighted by atomic mass is 32.2. The number of hydrogen-bond acceptors (Lipinski definition) is 6. The summed E-state index contributed by atoms with van der Waals surface area (Å²) in [6.45, 7) is 2.94. The topological polar surface area (TPSA) is 118 Å². The molecule has 0 saturated carbocycles. The quantitative estimate of drug-likeness (QED) is 0.491. The van der Waals surface area contributed by atoms with Crippen LogP contribution in [-0.2, 0) is 29.1 Å². The first-order valence-corrected chi connectivity index (χ1v) is 9.10. The summed E-state index contributed by atoms with van der Waals surface area (Å²) in [5.41, 5.74) is 0.898. The first-order valence-electron chi connectivity index (χ1n) is 7.56. The number of cyclic esters (lactones) is 2. The van der Waals surface area contributed by atoms with Crippen LogP contribution >= 0.6 is 0 Å². The smallest absolute Gasteiger partial charge is 0.348 e. The van der Waals surface area contributed by atoms with Crippen molar-refractivity contribution in [3.05, 3.63) is 53.9 Å². The van der Waals surface area contributed by atoms with Gasteiger partial charge in [-0.05, 0) is 42.5 Å². The average Bonchev–Trinajstić information content (AvgIpc) is 2.97. The Morgan fingerprint density at radius 1 is 1.04 bits per heavy atom. The normalized spacial score (nSPS) is 16.8. The van der Waals surface area contributed by atoms with Crippen molar-refractivity contribution in [1.29, 1.82) is 0 Å². The molecule has 3 rings (SSSR count). The van der Waals surface area contributed by atoms with Crippen LogP contribution in [0.2, 0.25) is 0 Å². The minimum absolute atomic E-state index is 0.0185. The van der Waals surface area contributed by atoms with Crippen molar-refractivity contribution < 1.29 is 27.5 Å². The number of carbonyl (C=O) groups is 2. The van der Waals surface area contributed by atoms with Gasteiger partial charge in [0, 0.05) is 31.4 Å². The fraction of sp³-hybridized carbons (Fsp3) is 0.176.